The summed E-state index contributed by atoms with van der Waals surface area (Å²) in [5, 5.41) is 0. The number of esters is 1. The highest BCUT2D eigenvalue weighted by Gasteiger charge is 2.39. The van der Waals surface area contributed by atoms with E-state index in [9.17, 15) is 18.0 Å². The number of nitrogens with zero attached hydrogens (tertiary/aromatic N) is 2. The maximum Gasteiger partial charge on any atom is 0.387 e. The van der Waals surface area contributed by atoms with Gasteiger partial charge in [-0.1, -0.05) is 18.2 Å². The monoisotopic (exact) mass is 484 g/mol. The fraction of sp³-hybridized carbons (Fsp3) is 0.300. The van der Waals surface area contributed by atoms with Crippen LogP contribution in [0.25, 0.3) is 5.65 Å². The Hall–Kier alpha value is -2.59. The predicted molar refractivity (Wildman–Crippen MR) is 103 cm³/mol. The van der Waals surface area contributed by atoms with Crippen LogP contribution in [0.3, 0.4) is 0 Å². The van der Waals surface area contributed by atoms with Crippen molar-refractivity contribution in [3.05, 3.63) is 63.8 Å². The van der Waals surface area contributed by atoms with Crippen LogP contribution in [0.4, 0.5) is 13.2 Å². The smallest absolute Gasteiger partial charge is 0.387 e. The number of pyridine rings is 1. The van der Waals surface area contributed by atoms with E-state index in [1.807, 2.05) is 0 Å². The number of methoxy groups -OCH3 is 1. The Labute approximate surface area is 177 Å². The number of halogens is 4. The highest BCUT2D eigenvalue weighted by Crippen LogP contribution is 2.48. The summed E-state index contributed by atoms with van der Waals surface area (Å²) in [7, 11) is 1.25. The Morgan fingerprint density at radius 1 is 1.37 bits per heavy atom. The molecule has 158 valence electrons. The van der Waals surface area contributed by atoms with Gasteiger partial charge in [-0.2, -0.15) is 8.78 Å². The van der Waals surface area contributed by atoms with Crippen molar-refractivity contribution in [2.24, 2.45) is 0 Å². The lowest BCUT2D eigenvalue weighted by Crippen LogP contribution is -2.13. The summed E-state index contributed by atoms with van der Waals surface area (Å²) >= 11 is 3.17. The van der Waals surface area contributed by atoms with Crippen LogP contribution in [0.5, 0.6) is 5.75 Å². The quantitative estimate of drug-likeness (QED) is 0.478. The maximum absolute atomic E-state index is 14.0. The molecule has 0 spiro atoms. The van der Waals surface area contributed by atoms with Gasteiger partial charge < -0.3 is 18.6 Å². The standard InChI is InChI=1S/C20H16BrF3N2O4/c1-28-17(27)9-29-15-6-11(10-4-2-3-5-14(10)30-20(23)24)19-18(15)25-16-7-13(22)12(21)8-26(16)19/h2-5,7-8,11,15,20H,6,9H2,1H3/t11-,15?/m1/s1. The summed E-state index contributed by atoms with van der Waals surface area (Å²) < 4.78 is 56.8. The van der Waals surface area contributed by atoms with Gasteiger partial charge >= 0.3 is 12.6 Å². The molecule has 0 fully saturated rings. The number of hydrogen-bond acceptors (Lipinski definition) is 5. The third-order valence-electron chi connectivity index (χ3n) is 4.96. The highest BCUT2D eigenvalue weighted by atomic mass is 79.9. The third-order valence-corrected chi connectivity index (χ3v) is 5.54. The zero-order valence-electron chi connectivity index (χ0n) is 15.6. The molecule has 0 N–H and O–H groups in total. The lowest BCUT2D eigenvalue weighted by atomic mass is 9.95. The summed E-state index contributed by atoms with van der Waals surface area (Å²) in [6.07, 6.45) is 1.27. The first-order valence-corrected chi connectivity index (χ1v) is 9.77. The fourth-order valence-electron chi connectivity index (χ4n) is 3.72. The number of alkyl halides is 2. The summed E-state index contributed by atoms with van der Waals surface area (Å²) in [6, 6.07) is 7.73. The van der Waals surface area contributed by atoms with E-state index >= 15 is 0 Å². The topological polar surface area (TPSA) is 62.1 Å². The van der Waals surface area contributed by atoms with Crippen molar-refractivity contribution < 1.29 is 32.2 Å². The Kier molecular flexibility index (Phi) is 5.70. The molecular formula is C20H16BrF3N2O4. The third kappa shape index (κ3) is 3.77. The Bertz CT molecular complexity index is 1110. The first-order chi connectivity index (χ1) is 14.4. The predicted octanol–water partition coefficient (Wildman–Crippen LogP) is 4.60. The molecule has 0 radical (unpaired) electrons. The van der Waals surface area contributed by atoms with Gasteiger partial charge in [0.05, 0.1) is 23.0 Å². The minimum Gasteiger partial charge on any atom is -0.467 e. The SMILES string of the molecule is COC(=O)COC1C[C@H](c2ccccc2OC(F)F)c2c1nc1cc(F)c(Br)cn21. The summed E-state index contributed by atoms with van der Waals surface area (Å²) in [5.74, 6) is -1.44. The molecule has 2 atom stereocenters. The second-order valence-electron chi connectivity index (χ2n) is 6.66. The van der Waals surface area contributed by atoms with Gasteiger partial charge in [-0.15, -0.1) is 0 Å². The van der Waals surface area contributed by atoms with Crippen molar-refractivity contribution in [3.8, 4) is 5.75 Å². The molecule has 3 aromatic rings. The number of ether oxygens (including phenoxy) is 3. The van der Waals surface area contributed by atoms with Crippen molar-refractivity contribution in [1.29, 1.82) is 0 Å². The average molecular weight is 485 g/mol. The lowest BCUT2D eigenvalue weighted by Gasteiger charge is -2.18. The molecular weight excluding hydrogens is 469 g/mol. The van der Waals surface area contributed by atoms with Crippen molar-refractivity contribution >= 4 is 27.5 Å². The van der Waals surface area contributed by atoms with Crippen LogP contribution >= 0.6 is 15.9 Å². The van der Waals surface area contributed by atoms with Gasteiger partial charge in [0.25, 0.3) is 0 Å². The molecule has 0 bridgehead atoms. The number of carbonyl (C=O) groups is 1. The number of para-hydroxylation sites is 1. The molecule has 2 aromatic heterocycles. The molecule has 0 saturated heterocycles. The van der Waals surface area contributed by atoms with Crippen molar-refractivity contribution in [2.75, 3.05) is 13.7 Å². The van der Waals surface area contributed by atoms with E-state index in [2.05, 4.69) is 25.7 Å². The van der Waals surface area contributed by atoms with E-state index in [-0.39, 0.29) is 16.8 Å². The summed E-state index contributed by atoms with van der Waals surface area (Å²) in [5.41, 5.74) is 2.02. The van der Waals surface area contributed by atoms with E-state index < -0.39 is 30.4 Å². The zero-order chi connectivity index (χ0) is 21.4. The molecule has 4 rings (SSSR count). The highest BCUT2D eigenvalue weighted by molar-refractivity contribution is 9.10. The second-order valence-corrected chi connectivity index (χ2v) is 7.51. The number of aromatic nitrogens is 2. The van der Waals surface area contributed by atoms with Crippen LogP contribution in [0.1, 0.15) is 35.4 Å². The van der Waals surface area contributed by atoms with Crippen LogP contribution in [0, 0.1) is 5.82 Å². The maximum atomic E-state index is 14.0. The van der Waals surface area contributed by atoms with Gasteiger partial charge in [-0.3, -0.25) is 0 Å². The molecule has 1 aliphatic rings. The molecule has 2 heterocycles. The van der Waals surface area contributed by atoms with Gasteiger partial charge in [-0.25, -0.2) is 14.2 Å². The molecule has 6 nitrogen and oxygen atoms in total. The Morgan fingerprint density at radius 3 is 2.87 bits per heavy atom. The van der Waals surface area contributed by atoms with Crippen molar-refractivity contribution in [3.63, 3.8) is 0 Å². The van der Waals surface area contributed by atoms with Crippen LogP contribution in [0.2, 0.25) is 0 Å². The largest absolute Gasteiger partial charge is 0.467 e. The molecule has 10 heteroatoms. The second kappa shape index (κ2) is 8.27. The first-order valence-electron chi connectivity index (χ1n) is 8.98. The minimum absolute atomic E-state index is 0.0354. The molecule has 0 amide bonds. The van der Waals surface area contributed by atoms with E-state index in [1.54, 1.807) is 22.6 Å². The number of imidazole rings is 1. The summed E-state index contributed by atoms with van der Waals surface area (Å²) in [6.45, 7) is -3.28. The number of benzene rings is 1. The van der Waals surface area contributed by atoms with E-state index in [4.69, 9.17) is 9.47 Å². The zero-order valence-corrected chi connectivity index (χ0v) is 17.2. The van der Waals surface area contributed by atoms with E-state index in [0.29, 0.717) is 29.0 Å². The molecule has 0 aliphatic heterocycles. The van der Waals surface area contributed by atoms with Crippen LogP contribution < -0.4 is 4.74 Å². The van der Waals surface area contributed by atoms with E-state index in [0.717, 1.165) is 0 Å². The average Bonchev–Trinajstić information content (AvgIpc) is 3.24. The fourth-order valence-corrected chi connectivity index (χ4v) is 4.04. The minimum atomic E-state index is -2.98. The number of rotatable bonds is 6. The molecule has 1 aliphatic carbocycles. The Morgan fingerprint density at radius 2 is 2.13 bits per heavy atom. The van der Waals surface area contributed by atoms with Gasteiger partial charge in [0, 0.05) is 23.7 Å². The van der Waals surface area contributed by atoms with Gasteiger partial charge in [-0.05, 0) is 28.4 Å². The first kappa shape index (κ1) is 20.7. The molecule has 1 unspecified atom stereocenters. The Balaban J connectivity index is 1.82. The van der Waals surface area contributed by atoms with Crippen LogP contribution in [-0.4, -0.2) is 35.7 Å². The molecule has 1 aromatic carbocycles. The number of carbonyl (C=O) groups excluding carboxylic acids is 1. The van der Waals surface area contributed by atoms with Gasteiger partial charge in [0.2, 0.25) is 0 Å². The van der Waals surface area contributed by atoms with Crippen molar-refractivity contribution in [1.82, 2.24) is 9.38 Å². The van der Waals surface area contributed by atoms with Crippen LogP contribution in [-0.2, 0) is 14.3 Å². The number of hydrogen-bond donors (Lipinski definition) is 0. The molecule has 0 saturated carbocycles. The molecule has 30 heavy (non-hydrogen) atoms. The van der Waals surface area contributed by atoms with E-state index in [1.165, 1.54) is 25.4 Å². The van der Waals surface area contributed by atoms with Gasteiger partial charge in [0.15, 0.2) is 0 Å². The van der Waals surface area contributed by atoms with Crippen LogP contribution in [0.15, 0.2) is 41.0 Å². The lowest BCUT2D eigenvalue weighted by molar-refractivity contribution is -0.148. The normalized spacial score (nSPS) is 18.1. The number of fused-ring (bicyclic) bond motifs is 3. The van der Waals surface area contributed by atoms with Crippen molar-refractivity contribution in [2.45, 2.75) is 25.1 Å². The van der Waals surface area contributed by atoms with Gasteiger partial charge in [0.1, 0.15) is 29.9 Å². The summed E-state index contributed by atoms with van der Waals surface area (Å²) in [4.78, 5) is 16.0.